The van der Waals surface area contributed by atoms with Crippen LogP contribution in [-0.4, -0.2) is 39.5 Å². The second kappa shape index (κ2) is 10.5. The highest BCUT2D eigenvalue weighted by Gasteiger charge is 2.45. The molecule has 5 rings (SSSR count). The Bertz CT molecular complexity index is 1610. The number of ether oxygens (including phenoxy) is 1. The maximum atomic E-state index is 14.0. The van der Waals surface area contributed by atoms with Crippen molar-refractivity contribution in [1.29, 1.82) is 0 Å². The van der Waals surface area contributed by atoms with Crippen LogP contribution in [0.2, 0.25) is 0 Å². The van der Waals surface area contributed by atoms with Gasteiger partial charge in [0, 0.05) is 11.3 Å². The lowest BCUT2D eigenvalue weighted by Gasteiger charge is -2.27. The summed E-state index contributed by atoms with van der Waals surface area (Å²) in [7, 11) is 0. The van der Waals surface area contributed by atoms with E-state index in [4.69, 9.17) is 4.74 Å². The van der Waals surface area contributed by atoms with Crippen molar-refractivity contribution in [2.45, 2.75) is 19.9 Å². The third-order valence-electron chi connectivity index (χ3n) is 6.32. The Morgan fingerprint density at radius 2 is 1.72 bits per heavy atom. The van der Waals surface area contributed by atoms with Gasteiger partial charge in [-0.25, -0.2) is 9.78 Å². The number of nitrogens with zero attached hydrogens (tertiary/aromatic N) is 2. The molecule has 0 spiro atoms. The van der Waals surface area contributed by atoms with Gasteiger partial charge in [0.15, 0.2) is 5.76 Å². The van der Waals surface area contributed by atoms with Crippen LogP contribution in [0.15, 0.2) is 90.2 Å². The number of amides is 1. The molecule has 1 aliphatic heterocycles. The van der Waals surface area contributed by atoms with E-state index in [1.54, 1.807) is 44.2 Å². The van der Waals surface area contributed by atoms with Gasteiger partial charge in [0.25, 0.3) is 5.91 Å². The molecule has 0 saturated heterocycles. The fourth-order valence-electron chi connectivity index (χ4n) is 4.51. The molecule has 0 radical (unpaired) electrons. The van der Waals surface area contributed by atoms with Crippen molar-refractivity contribution in [3.05, 3.63) is 112 Å². The van der Waals surface area contributed by atoms with Gasteiger partial charge in [0.05, 0.1) is 34.4 Å². The largest absolute Gasteiger partial charge is 0.508 e. The van der Waals surface area contributed by atoms with Crippen molar-refractivity contribution in [2.75, 3.05) is 11.5 Å². The molecule has 0 saturated carbocycles. The lowest BCUT2D eigenvalue weighted by atomic mass is 9.94. The quantitative estimate of drug-likeness (QED) is 0.225. The van der Waals surface area contributed by atoms with Crippen molar-refractivity contribution in [3.63, 3.8) is 0 Å². The van der Waals surface area contributed by atoms with Crippen LogP contribution in [0.4, 0.5) is 5.69 Å². The molecule has 1 unspecified atom stereocenters. The number of aliphatic hydroxyl groups excluding tert-OH is 1. The van der Waals surface area contributed by atoms with Gasteiger partial charge in [-0.2, -0.15) is 0 Å². The number of rotatable bonds is 7. The summed E-state index contributed by atoms with van der Waals surface area (Å²) in [6.07, 6.45) is 0. The van der Waals surface area contributed by atoms with E-state index in [0.29, 0.717) is 26.8 Å². The Hall–Kier alpha value is -4.76. The van der Waals surface area contributed by atoms with Crippen LogP contribution in [0.25, 0.3) is 10.6 Å². The third-order valence-corrected chi connectivity index (χ3v) is 7.53. The number of carbonyl (C=O) groups is 3. The normalized spacial score (nSPS) is 15.1. The first kappa shape index (κ1) is 25.9. The molecule has 0 fully saturated rings. The molecule has 196 valence electrons. The van der Waals surface area contributed by atoms with Crippen molar-refractivity contribution >= 4 is 34.7 Å². The molecule has 1 atom stereocenters. The number of hydrogen-bond donors (Lipinski definition) is 2. The number of aryl methyl sites for hydroxylation is 1. The Morgan fingerprint density at radius 3 is 2.41 bits per heavy atom. The minimum Gasteiger partial charge on any atom is -0.508 e. The third kappa shape index (κ3) is 4.80. The summed E-state index contributed by atoms with van der Waals surface area (Å²) in [4.78, 5) is 46.0. The van der Waals surface area contributed by atoms with Crippen LogP contribution >= 0.6 is 11.3 Å². The Labute approximate surface area is 228 Å². The number of hydrogen-bond acceptors (Lipinski definition) is 8. The second-order valence-electron chi connectivity index (χ2n) is 8.83. The van der Waals surface area contributed by atoms with Crippen LogP contribution in [0.5, 0.6) is 5.75 Å². The molecule has 2 N–H and O–H groups in total. The first-order valence-corrected chi connectivity index (χ1v) is 13.0. The molecule has 9 heteroatoms. The summed E-state index contributed by atoms with van der Waals surface area (Å²) >= 11 is 1.18. The number of benzene rings is 3. The van der Waals surface area contributed by atoms with Gasteiger partial charge >= 0.3 is 5.97 Å². The molecule has 1 aliphatic rings. The van der Waals surface area contributed by atoms with E-state index in [0.717, 1.165) is 5.56 Å². The van der Waals surface area contributed by atoms with Crippen molar-refractivity contribution in [1.82, 2.24) is 4.98 Å². The number of Topliss-reactive ketones (excluding diaryl/α,β-unsaturated/α-hetero) is 1. The number of anilines is 1. The monoisotopic (exact) mass is 540 g/mol. The van der Waals surface area contributed by atoms with Gasteiger partial charge in [-0.15, -0.1) is 11.3 Å². The van der Waals surface area contributed by atoms with E-state index >= 15 is 0 Å². The summed E-state index contributed by atoms with van der Waals surface area (Å²) in [5, 5.41) is 21.6. The van der Waals surface area contributed by atoms with Gasteiger partial charge in [-0.05, 0) is 49.7 Å². The van der Waals surface area contributed by atoms with Crippen LogP contribution in [0.3, 0.4) is 0 Å². The van der Waals surface area contributed by atoms with E-state index in [1.165, 1.54) is 34.4 Å². The zero-order valence-corrected chi connectivity index (χ0v) is 21.9. The molecular formula is C30H24N2O6S. The highest BCUT2D eigenvalue weighted by atomic mass is 32.1. The number of phenolic OH excluding ortho intramolecular Hbond substituents is 1. The molecule has 4 aromatic rings. The van der Waals surface area contributed by atoms with Gasteiger partial charge < -0.3 is 14.9 Å². The molecule has 1 amide bonds. The zero-order valence-electron chi connectivity index (χ0n) is 21.1. The summed E-state index contributed by atoms with van der Waals surface area (Å²) in [6.45, 7) is 3.58. The van der Waals surface area contributed by atoms with Crippen molar-refractivity contribution < 1.29 is 29.3 Å². The molecule has 1 aromatic heterocycles. The molecule has 8 nitrogen and oxygen atoms in total. The first-order valence-electron chi connectivity index (χ1n) is 12.2. The standard InChI is InChI=1S/C30H24N2O6S/c1-3-38-30(37)20-10-7-11-21(16-20)32-24(18-12-14-22(33)15-13-18)23(26(35)29(32)36)25(34)27-17(2)31-28(39-27)19-8-5-4-6-9-19/h4-16,24,33,35H,3H2,1-2H3. The Morgan fingerprint density at radius 1 is 1.00 bits per heavy atom. The van der Waals surface area contributed by atoms with Crippen molar-refractivity contribution in [3.8, 4) is 16.3 Å². The number of aliphatic hydroxyl groups is 1. The Balaban J connectivity index is 1.62. The molecule has 2 heterocycles. The van der Waals surface area contributed by atoms with E-state index in [-0.39, 0.29) is 23.5 Å². The van der Waals surface area contributed by atoms with E-state index < -0.39 is 29.5 Å². The predicted molar refractivity (Wildman–Crippen MR) is 147 cm³/mol. The predicted octanol–water partition coefficient (Wildman–Crippen LogP) is 5.78. The van der Waals surface area contributed by atoms with Gasteiger partial charge in [-0.3, -0.25) is 14.5 Å². The average molecular weight is 541 g/mol. The second-order valence-corrected chi connectivity index (χ2v) is 9.83. The van der Waals surface area contributed by atoms with Crippen molar-refractivity contribution in [2.24, 2.45) is 0 Å². The summed E-state index contributed by atoms with van der Waals surface area (Å²) in [5.41, 5.74) is 2.21. The van der Waals surface area contributed by atoms with Crippen LogP contribution in [0, 0.1) is 6.92 Å². The number of esters is 1. The highest BCUT2D eigenvalue weighted by molar-refractivity contribution is 7.17. The fourth-order valence-corrected chi connectivity index (χ4v) is 5.53. The molecule has 39 heavy (non-hydrogen) atoms. The number of ketones is 1. The molecule has 0 bridgehead atoms. The lowest BCUT2D eigenvalue weighted by Crippen LogP contribution is -2.31. The van der Waals surface area contributed by atoms with Gasteiger partial charge in [0.2, 0.25) is 5.78 Å². The number of aromatic nitrogens is 1. The summed E-state index contributed by atoms with van der Waals surface area (Å²) < 4.78 is 5.10. The minimum absolute atomic E-state index is 0.00538. The number of aromatic hydroxyl groups is 1. The minimum atomic E-state index is -1.02. The molecule has 3 aromatic carbocycles. The topological polar surface area (TPSA) is 117 Å². The molecule has 0 aliphatic carbocycles. The average Bonchev–Trinajstić information content (AvgIpc) is 3.46. The van der Waals surface area contributed by atoms with Crippen LogP contribution in [0.1, 0.15) is 44.3 Å². The smallest absolute Gasteiger partial charge is 0.338 e. The maximum absolute atomic E-state index is 14.0. The SMILES string of the molecule is CCOC(=O)c1cccc(N2C(=O)C(O)=C(C(=O)c3sc(-c4ccccc4)nc3C)C2c2ccc(O)cc2)c1. The van der Waals surface area contributed by atoms with E-state index in [9.17, 15) is 24.6 Å². The maximum Gasteiger partial charge on any atom is 0.338 e. The summed E-state index contributed by atoms with van der Waals surface area (Å²) in [6, 6.07) is 20.7. The fraction of sp³-hybridized carbons (Fsp3) is 0.133. The van der Waals surface area contributed by atoms with E-state index in [2.05, 4.69) is 4.98 Å². The van der Waals surface area contributed by atoms with Crippen LogP contribution < -0.4 is 4.90 Å². The lowest BCUT2D eigenvalue weighted by molar-refractivity contribution is -0.117. The Kier molecular flexibility index (Phi) is 7.00. The number of phenols is 1. The van der Waals surface area contributed by atoms with E-state index in [1.807, 2.05) is 30.3 Å². The van der Waals surface area contributed by atoms with Gasteiger partial charge in [-0.1, -0.05) is 48.5 Å². The highest BCUT2D eigenvalue weighted by Crippen LogP contribution is 2.43. The number of carbonyl (C=O) groups excluding carboxylic acids is 3. The summed E-state index contributed by atoms with van der Waals surface area (Å²) in [5.74, 6) is -2.56. The molecular weight excluding hydrogens is 516 g/mol. The van der Waals surface area contributed by atoms with Crippen LogP contribution in [-0.2, 0) is 9.53 Å². The zero-order chi connectivity index (χ0) is 27.7. The number of thiazole rings is 1. The van der Waals surface area contributed by atoms with Gasteiger partial charge in [0.1, 0.15) is 10.8 Å². The first-order chi connectivity index (χ1) is 18.8.